The lowest BCUT2D eigenvalue weighted by molar-refractivity contribution is -0.126. The molecule has 1 atom stereocenters. The molecule has 5 nitrogen and oxygen atoms in total. The summed E-state index contributed by atoms with van der Waals surface area (Å²) < 4.78 is 5.00. The van der Waals surface area contributed by atoms with E-state index in [1.165, 1.54) is 0 Å². The number of carbonyl (C=O) groups excluding carboxylic acids is 1. The molecule has 0 spiro atoms. The van der Waals surface area contributed by atoms with E-state index in [0.717, 1.165) is 39.1 Å². The third kappa shape index (κ3) is 4.61. The number of hydrogen-bond donors (Lipinski definition) is 2. The van der Waals surface area contributed by atoms with Crippen LogP contribution in [0.3, 0.4) is 0 Å². The van der Waals surface area contributed by atoms with Crippen molar-refractivity contribution in [2.24, 2.45) is 0 Å². The van der Waals surface area contributed by atoms with Crippen LogP contribution in [0.4, 0.5) is 0 Å². The van der Waals surface area contributed by atoms with E-state index in [1.807, 2.05) is 14.0 Å². The molecule has 0 saturated carbocycles. The second-order valence-corrected chi connectivity index (χ2v) is 4.91. The lowest BCUT2D eigenvalue weighted by atomic mass is 9.99. The lowest BCUT2D eigenvalue weighted by Gasteiger charge is -2.24. The molecule has 0 aromatic rings. The zero-order valence-corrected chi connectivity index (χ0v) is 11.2. The molecule has 1 aliphatic heterocycles. The van der Waals surface area contributed by atoms with Crippen LogP contribution in [0.5, 0.6) is 0 Å². The number of nitrogens with zero attached hydrogens (tertiary/aromatic N) is 1. The molecule has 1 aliphatic rings. The molecule has 0 aromatic heterocycles. The van der Waals surface area contributed by atoms with Gasteiger partial charge in [0.25, 0.3) is 0 Å². The molecule has 2 N–H and O–H groups in total. The standard InChI is InChI=1S/C12H25N3O2/c1-12(5-4-6-14-12)11(16)13-7-8-15(2)9-10-17-3/h14H,4-10H2,1-3H3,(H,13,16). The molecule has 0 bridgehead atoms. The number of likely N-dealkylation sites (N-methyl/N-ethyl adjacent to an activating group) is 1. The summed E-state index contributed by atoms with van der Waals surface area (Å²) in [5.41, 5.74) is -0.356. The number of carbonyl (C=O) groups is 1. The summed E-state index contributed by atoms with van der Waals surface area (Å²) in [5, 5.41) is 6.25. The summed E-state index contributed by atoms with van der Waals surface area (Å²) in [6.07, 6.45) is 2.01. The highest BCUT2D eigenvalue weighted by molar-refractivity contribution is 5.86. The van der Waals surface area contributed by atoms with E-state index in [1.54, 1.807) is 7.11 Å². The average molecular weight is 243 g/mol. The monoisotopic (exact) mass is 243 g/mol. The summed E-state index contributed by atoms with van der Waals surface area (Å²) in [6, 6.07) is 0. The van der Waals surface area contributed by atoms with Crippen molar-refractivity contribution in [2.45, 2.75) is 25.3 Å². The summed E-state index contributed by atoms with van der Waals surface area (Å²) in [7, 11) is 3.73. The number of ether oxygens (including phenoxy) is 1. The van der Waals surface area contributed by atoms with Crippen molar-refractivity contribution in [1.29, 1.82) is 0 Å². The number of methoxy groups -OCH3 is 1. The molecule has 17 heavy (non-hydrogen) atoms. The van der Waals surface area contributed by atoms with E-state index in [9.17, 15) is 4.79 Å². The highest BCUT2D eigenvalue weighted by Crippen LogP contribution is 2.18. The largest absolute Gasteiger partial charge is 0.383 e. The lowest BCUT2D eigenvalue weighted by Crippen LogP contribution is -2.52. The maximum atomic E-state index is 11.9. The topological polar surface area (TPSA) is 53.6 Å². The van der Waals surface area contributed by atoms with Crippen molar-refractivity contribution < 1.29 is 9.53 Å². The van der Waals surface area contributed by atoms with Gasteiger partial charge in [0.1, 0.15) is 0 Å². The fourth-order valence-electron chi connectivity index (χ4n) is 2.00. The number of rotatable bonds is 7. The summed E-state index contributed by atoms with van der Waals surface area (Å²) in [4.78, 5) is 14.1. The number of nitrogens with one attached hydrogen (secondary N) is 2. The molecule has 1 rings (SSSR count). The third-order valence-electron chi connectivity index (χ3n) is 3.33. The molecular formula is C12H25N3O2. The van der Waals surface area contributed by atoms with Crippen LogP contribution in [0.25, 0.3) is 0 Å². The van der Waals surface area contributed by atoms with Crippen LogP contribution in [0.15, 0.2) is 0 Å². The van der Waals surface area contributed by atoms with E-state index in [4.69, 9.17) is 4.74 Å². The van der Waals surface area contributed by atoms with Gasteiger partial charge in [-0.2, -0.15) is 0 Å². The van der Waals surface area contributed by atoms with Crippen LogP contribution >= 0.6 is 0 Å². The van der Waals surface area contributed by atoms with Crippen LogP contribution < -0.4 is 10.6 Å². The summed E-state index contributed by atoms with van der Waals surface area (Å²) >= 11 is 0. The van der Waals surface area contributed by atoms with Gasteiger partial charge in [0, 0.05) is 26.7 Å². The van der Waals surface area contributed by atoms with Gasteiger partial charge in [-0.15, -0.1) is 0 Å². The molecule has 0 aliphatic carbocycles. The summed E-state index contributed by atoms with van der Waals surface area (Å²) in [6.45, 7) is 6.08. The zero-order valence-electron chi connectivity index (χ0n) is 11.2. The molecule has 1 saturated heterocycles. The van der Waals surface area contributed by atoms with Gasteiger partial charge in [0.2, 0.25) is 5.91 Å². The maximum Gasteiger partial charge on any atom is 0.240 e. The smallest absolute Gasteiger partial charge is 0.240 e. The Balaban J connectivity index is 2.15. The van der Waals surface area contributed by atoms with Gasteiger partial charge >= 0.3 is 0 Å². The Morgan fingerprint density at radius 2 is 2.29 bits per heavy atom. The van der Waals surface area contributed by atoms with E-state index in [2.05, 4.69) is 15.5 Å². The highest BCUT2D eigenvalue weighted by atomic mass is 16.5. The highest BCUT2D eigenvalue weighted by Gasteiger charge is 2.35. The molecule has 1 unspecified atom stereocenters. The maximum absolute atomic E-state index is 11.9. The molecule has 1 fully saturated rings. The first-order valence-corrected chi connectivity index (χ1v) is 6.29. The SMILES string of the molecule is COCCN(C)CCNC(=O)C1(C)CCCN1. The minimum atomic E-state index is -0.356. The molecule has 5 heteroatoms. The minimum Gasteiger partial charge on any atom is -0.383 e. The van der Waals surface area contributed by atoms with Crippen molar-refractivity contribution in [3.8, 4) is 0 Å². The molecular weight excluding hydrogens is 218 g/mol. The first kappa shape index (κ1) is 14.4. The van der Waals surface area contributed by atoms with Gasteiger partial charge in [-0.1, -0.05) is 0 Å². The molecule has 1 amide bonds. The number of amides is 1. The Bertz CT molecular complexity index is 240. The average Bonchev–Trinajstić information content (AvgIpc) is 2.74. The Labute approximate surface area is 104 Å². The minimum absolute atomic E-state index is 0.121. The molecule has 100 valence electrons. The third-order valence-corrected chi connectivity index (χ3v) is 3.33. The van der Waals surface area contributed by atoms with Gasteiger partial charge in [0.05, 0.1) is 12.1 Å². The molecule has 0 aromatic carbocycles. The number of hydrogen-bond acceptors (Lipinski definition) is 4. The van der Waals surface area contributed by atoms with E-state index in [0.29, 0.717) is 6.54 Å². The summed E-state index contributed by atoms with van der Waals surface area (Å²) in [5.74, 6) is 0.121. The first-order chi connectivity index (χ1) is 8.08. The predicted molar refractivity (Wildman–Crippen MR) is 68.0 cm³/mol. The Kier molecular flexibility index (Phi) is 5.88. The van der Waals surface area contributed by atoms with Crippen molar-refractivity contribution in [3.63, 3.8) is 0 Å². The van der Waals surface area contributed by atoms with Crippen molar-refractivity contribution in [1.82, 2.24) is 15.5 Å². The van der Waals surface area contributed by atoms with Gasteiger partial charge in [0.15, 0.2) is 0 Å². The normalized spacial score (nSPS) is 24.2. The van der Waals surface area contributed by atoms with Gasteiger partial charge in [-0.05, 0) is 33.4 Å². The van der Waals surface area contributed by atoms with E-state index >= 15 is 0 Å². The fourth-order valence-corrected chi connectivity index (χ4v) is 2.00. The Morgan fingerprint density at radius 1 is 1.53 bits per heavy atom. The van der Waals surface area contributed by atoms with Crippen molar-refractivity contribution in [3.05, 3.63) is 0 Å². The van der Waals surface area contributed by atoms with Crippen molar-refractivity contribution in [2.75, 3.05) is 46.9 Å². The van der Waals surface area contributed by atoms with Gasteiger partial charge in [-0.25, -0.2) is 0 Å². The zero-order chi connectivity index (χ0) is 12.7. The van der Waals surface area contributed by atoms with E-state index < -0.39 is 0 Å². The Hall–Kier alpha value is -0.650. The van der Waals surface area contributed by atoms with Crippen molar-refractivity contribution >= 4 is 5.91 Å². The Morgan fingerprint density at radius 3 is 2.88 bits per heavy atom. The van der Waals surface area contributed by atoms with Gasteiger partial charge < -0.3 is 20.3 Å². The van der Waals surface area contributed by atoms with E-state index in [-0.39, 0.29) is 11.4 Å². The van der Waals surface area contributed by atoms with Crippen LogP contribution in [0, 0.1) is 0 Å². The van der Waals surface area contributed by atoms with Crippen LogP contribution in [0.1, 0.15) is 19.8 Å². The van der Waals surface area contributed by atoms with Crippen LogP contribution in [-0.4, -0.2) is 63.3 Å². The predicted octanol–water partition coefficient (Wildman–Crippen LogP) is -0.177. The van der Waals surface area contributed by atoms with Crippen LogP contribution in [-0.2, 0) is 9.53 Å². The fraction of sp³-hybridized carbons (Fsp3) is 0.917. The second-order valence-electron chi connectivity index (χ2n) is 4.91. The molecule has 0 radical (unpaired) electrons. The molecule has 1 heterocycles. The van der Waals surface area contributed by atoms with Gasteiger partial charge in [-0.3, -0.25) is 4.79 Å². The van der Waals surface area contributed by atoms with Crippen LogP contribution in [0.2, 0.25) is 0 Å². The first-order valence-electron chi connectivity index (χ1n) is 6.29. The second kappa shape index (κ2) is 6.93. The quantitative estimate of drug-likeness (QED) is 0.651.